The lowest BCUT2D eigenvalue weighted by molar-refractivity contribution is 0.101. The van der Waals surface area contributed by atoms with Gasteiger partial charge in [-0.1, -0.05) is 18.2 Å². The van der Waals surface area contributed by atoms with Crippen molar-refractivity contribution in [1.29, 1.82) is 0 Å². The predicted molar refractivity (Wildman–Crippen MR) is 96.2 cm³/mol. The van der Waals surface area contributed by atoms with Gasteiger partial charge in [-0.05, 0) is 49.4 Å². The summed E-state index contributed by atoms with van der Waals surface area (Å²) in [6.07, 6.45) is 1.51. The Bertz CT molecular complexity index is 893. The number of amides is 1. The Kier molecular flexibility index (Phi) is 4.80. The molecule has 6 heteroatoms. The molecule has 2 aromatic carbocycles. The van der Waals surface area contributed by atoms with Crippen molar-refractivity contribution in [3.05, 3.63) is 78.1 Å². The number of Topliss-reactive ketones (excluding diaryl/α,β-unsaturated/α-hetero) is 1. The van der Waals surface area contributed by atoms with Gasteiger partial charge in [-0.15, -0.1) is 0 Å². The number of aromatic nitrogens is 2. The molecule has 3 aromatic rings. The van der Waals surface area contributed by atoms with E-state index in [1.807, 2.05) is 18.2 Å². The van der Waals surface area contributed by atoms with E-state index in [1.54, 1.807) is 42.5 Å². The second-order valence-corrected chi connectivity index (χ2v) is 5.34. The van der Waals surface area contributed by atoms with Gasteiger partial charge in [0.1, 0.15) is 5.69 Å². The average Bonchev–Trinajstić information content (AvgIpc) is 2.63. The minimum atomic E-state index is -0.316. The normalized spacial score (nSPS) is 10.1. The number of carbonyl (C=O) groups is 2. The molecule has 25 heavy (non-hydrogen) atoms. The fourth-order valence-corrected chi connectivity index (χ4v) is 2.18. The first-order valence-electron chi connectivity index (χ1n) is 7.69. The lowest BCUT2D eigenvalue weighted by atomic mass is 10.1. The van der Waals surface area contributed by atoms with Crippen LogP contribution in [0.1, 0.15) is 27.8 Å². The number of para-hydroxylation sites is 1. The molecule has 3 rings (SSSR count). The minimum Gasteiger partial charge on any atom is -0.324 e. The van der Waals surface area contributed by atoms with Crippen molar-refractivity contribution in [2.24, 2.45) is 0 Å². The lowest BCUT2D eigenvalue weighted by Crippen LogP contribution is -2.14. The molecule has 0 aliphatic heterocycles. The van der Waals surface area contributed by atoms with Crippen molar-refractivity contribution < 1.29 is 9.59 Å². The zero-order chi connectivity index (χ0) is 17.6. The van der Waals surface area contributed by atoms with Crippen LogP contribution in [0.2, 0.25) is 0 Å². The van der Waals surface area contributed by atoms with Crippen molar-refractivity contribution in [2.45, 2.75) is 6.92 Å². The van der Waals surface area contributed by atoms with Gasteiger partial charge in [0, 0.05) is 23.1 Å². The van der Waals surface area contributed by atoms with Crippen molar-refractivity contribution in [2.75, 3.05) is 10.6 Å². The van der Waals surface area contributed by atoms with E-state index in [0.29, 0.717) is 17.2 Å². The third kappa shape index (κ3) is 4.26. The molecule has 1 heterocycles. The van der Waals surface area contributed by atoms with Gasteiger partial charge < -0.3 is 10.6 Å². The Morgan fingerprint density at radius 3 is 2.28 bits per heavy atom. The van der Waals surface area contributed by atoms with E-state index in [1.165, 1.54) is 13.1 Å². The van der Waals surface area contributed by atoms with Crippen LogP contribution in [0.25, 0.3) is 0 Å². The maximum atomic E-state index is 12.3. The van der Waals surface area contributed by atoms with Gasteiger partial charge in [-0.2, -0.15) is 0 Å². The Morgan fingerprint density at radius 1 is 0.880 bits per heavy atom. The maximum Gasteiger partial charge on any atom is 0.274 e. The summed E-state index contributed by atoms with van der Waals surface area (Å²) in [4.78, 5) is 31.9. The molecule has 0 fully saturated rings. The van der Waals surface area contributed by atoms with Crippen molar-refractivity contribution >= 4 is 29.0 Å². The van der Waals surface area contributed by atoms with Gasteiger partial charge in [0.05, 0.1) is 0 Å². The molecule has 0 unspecified atom stereocenters. The van der Waals surface area contributed by atoms with E-state index in [4.69, 9.17) is 0 Å². The van der Waals surface area contributed by atoms with E-state index in [-0.39, 0.29) is 17.4 Å². The molecule has 0 aliphatic carbocycles. The van der Waals surface area contributed by atoms with Crippen molar-refractivity contribution in [1.82, 2.24) is 9.97 Å². The second kappa shape index (κ2) is 7.35. The van der Waals surface area contributed by atoms with Crippen LogP contribution in [0.3, 0.4) is 0 Å². The summed E-state index contributed by atoms with van der Waals surface area (Å²) < 4.78 is 0. The monoisotopic (exact) mass is 332 g/mol. The molecule has 0 atom stereocenters. The standard InChI is InChI=1S/C19H16N4O2/c1-13(24)14-7-9-16(10-8-14)22-19-20-12-11-17(23-19)18(25)21-15-5-3-2-4-6-15/h2-12H,1H3,(H,21,25)(H,20,22,23). The molecule has 0 saturated heterocycles. The molecule has 0 aliphatic rings. The topological polar surface area (TPSA) is 84.0 Å². The molecule has 0 saturated carbocycles. The number of anilines is 3. The second-order valence-electron chi connectivity index (χ2n) is 5.34. The summed E-state index contributed by atoms with van der Waals surface area (Å²) in [5.74, 6) is -0.0118. The molecule has 2 N–H and O–H groups in total. The van der Waals surface area contributed by atoms with Crippen LogP contribution in [0, 0.1) is 0 Å². The lowest BCUT2D eigenvalue weighted by Gasteiger charge is -2.08. The van der Waals surface area contributed by atoms with Gasteiger partial charge in [-0.25, -0.2) is 9.97 Å². The predicted octanol–water partition coefficient (Wildman–Crippen LogP) is 3.68. The van der Waals surface area contributed by atoms with Crippen molar-refractivity contribution in [3.63, 3.8) is 0 Å². The third-order valence-corrected chi connectivity index (χ3v) is 3.47. The first-order valence-corrected chi connectivity index (χ1v) is 7.69. The van der Waals surface area contributed by atoms with Gasteiger partial charge in [0.2, 0.25) is 5.95 Å². The molecule has 1 amide bonds. The number of carbonyl (C=O) groups excluding carboxylic acids is 2. The number of rotatable bonds is 5. The molecule has 0 bridgehead atoms. The quantitative estimate of drug-likeness (QED) is 0.696. The Hall–Kier alpha value is -3.54. The summed E-state index contributed by atoms with van der Waals surface area (Å²) in [6.45, 7) is 1.51. The zero-order valence-electron chi connectivity index (χ0n) is 13.6. The van der Waals surface area contributed by atoms with Crippen LogP contribution in [-0.2, 0) is 0 Å². The Balaban J connectivity index is 1.72. The average molecular weight is 332 g/mol. The third-order valence-electron chi connectivity index (χ3n) is 3.47. The number of nitrogens with zero attached hydrogens (tertiary/aromatic N) is 2. The molecular formula is C19H16N4O2. The highest BCUT2D eigenvalue weighted by molar-refractivity contribution is 6.03. The van der Waals surface area contributed by atoms with Crippen molar-refractivity contribution in [3.8, 4) is 0 Å². The number of hydrogen-bond acceptors (Lipinski definition) is 5. The SMILES string of the molecule is CC(=O)c1ccc(Nc2nccc(C(=O)Nc3ccccc3)n2)cc1. The Labute approximate surface area is 145 Å². The number of benzene rings is 2. The molecule has 0 radical (unpaired) electrons. The number of hydrogen-bond donors (Lipinski definition) is 2. The van der Waals surface area contributed by atoms with Gasteiger partial charge in [0.25, 0.3) is 5.91 Å². The van der Waals surface area contributed by atoms with Crippen LogP contribution >= 0.6 is 0 Å². The highest BCUT2D eigenvalue weighted by Crippen LogP contribution is 2.15. The minimum absolute atomic E-state index is 0.00220. The summed E-state index contributed by atoms with van der Waals surface area (Å²) in [7, 11) is 0. The van der Waals surface area contributed by atoms with Crippen LogP contribution in [0.4, 0.5) is 17.3 Å². The van der Waals surface area contributed by atoms with E-state index >= 15 is 0 Å². The summed E-state index contributed by atoms with van der Waals surface area (Å²) in [5, 5.41) is 5.79. The summed E-state index contributed by atoms with van der Waals surface area (Å²) in [5.41, 5.74) is 2.30. The largest absolute Gasteiger partial charge is 0.324 e. The Morgan fingerprint density at radius 2 is 1.60 bits per heavy atom. The van der Waals surface area contributed by atoms with Gasteiger partial charge in [-0.3, -0.25) is 9.59 Å². The van der Waals surface area contributed by atoms with E-state index < -0.39 is 0 Å². The molecule has 0 spiro atoms. The number of nitrogens with one attached hydrogen (secondary N) is 2. The molecule has 124 valence electrons. The molecule has 1 aromatic heterocycles. The molecular weight excluding hydrogens is 316 g/mol. The van der Waals surface area contributed by atoms with Gasteiger partial charge in [0.15, 0.2) is 5.78 Å². The first-order chi connectivity index (χ1) is 12.1. The summed E-state index contributed by atoms with van der Waals surface area (Å²) in [6, 6.07) is 17.7. The fourth-order valence-electron chi connectivity index (χ4n) is 2.18. The van der Waals surface area contributed by atoms with Crippen LogP contribution in [0.5, 0.6) is 0 Å². The smallest absolute Gasteiger partial charge is 0.274 e. The molecule has 6 nitrogen and oxygen atoms in total. The highest BCUT2D eigenvalue weighted by atomic mass is 16.2. The van der Waals surface area contributed by atoms with E-state index in [0.717, 1.165) is 5.69 Å². The number of ketones is 1. The van der Waals surface area contributed by atoms with Crippen LogP contribution in [-0.4, -0.2) is 21.7 Å². The summed E-state index contributed by atoms with van der Waals surface area (Å²) >= 11 is 0. The van der Waals surface area contributed by atoms with E-state index in [9.17, 15) is 9.59 Å². The van der Waals surface area contributed by atoms with Crippen LogP contribution < -0.4 is 10.6 Å². The van der Waals surface area contributed by atoms with E-state index in [2.05, 4.69) is 20.6 Å². The highest BCUT2D eigenvalue weighted by Gasteiger charge is 2.09. The first kappa shape index (κ1) is 16.3. The zero-order valence-corrected chi connectivity index (χ0v) is 13.6. The fraction of sp³-hybridized carbons (Fsp3) is 0.0526. The van der Waals surface area contributed by atoms with Gasteiger partial charge >= 0.3 is 0 Å². The van der Waals surface area contributed by atoms with Crippen LogP contribution in [0.15, 0.2) is 66.9 Å². The maximum absolute atomic E-state index is 12.3.